The van der Waals surface area contributed by atoms with Gasteiger partial charge in [-0.3, -0.25) is 4.79 Å². The lowest BCUT2D eigenvalue weighted by Crippen LogP contribution is -2.34. The average Bonchev–Trinajstić information content (AvgIpc) is 2.54. The lowest BCUT2D eigenvalue weighted by atomic mass is 10.1. The Morgan fingerprint density at radius 2 is 2.06 bits per heavy atom. The zero-order valence-corrected chi connectivity index (χ0v) is 9.70. The molecular weight excluding hydrogens is 200 g/mol. The molecule has 1 aliphatic heterocycles. The standard InChI is InChI=1S/C13H18N2O/c1-2-11-4-6-12(7-5-11)15-9-3-8-14-10-13(15)16/h4-7,14H,2-3,8-10H2,1H3. The molecule has 86 valence electrons. The smallest absolute Gasteiger partial charge is 0.240 e. The van der Waals surface area contributed by atoms with Gasteiger partial charge in [0.25, 0.3) is 0 Å². The van der Waals surface area contributed by atoms with E-state index in [0.717, 1.165) is 31.6 Å². The normalized spacial score (nSPS) is 17.3. The first-order valence-corrected chi connectivity index (χ1v) is 5.91. The zero-order chi connectivity index (χ0) is 11.4. The number of rotatable bonds is 2. The van der Waals surface area contributed by atoms with E-state index in [1.807, 2.05) is 17.0 Å². The van der Waals surface area contributed by atoms with E-state index in [4.69, 9.17) is 0 Å². The molecular formula is C13H18N2O. The van der Waals surface area contributed by atoms with Crippen LogP contribution in [-0.4, -0.2) is 25.5 Å². The van der Waals surface area contributed by atoms with Gasteiger partial charge in [0.1, 0.15) is 0 Å². The first-order chi connectivity index (χ1) is 7.81. The Labute approximate surface area is 96.5 Å². The van der Waals surface area contributed by atoms with Crippen LogP contribution in [0.3, 0.4) is 0 Å². The molecule has 2 rings (SSSR count). The summed E-state index contributed by atoms with van der Waals surface area (Å²) in [6, 6.07) is 8.28. The number of carbonyl (C=O) groups is 1. The summed E-state index contributed by atoms with van der Waals surface area (Å²) in [5.74, 6) is 0.168. The molecule has 1 aromatic carbocycles. The van der Waals surface area contributed by atoms with Crippen LogP contribution >= 0.6 is 0 Å². The van der Waals surface area contributed by atoms with E-state index >= 15 is 0 Å². The minimum Gasteiger partial charge on any atom is -0.311 e. The van der Waals surface area contributed by atoms with Gasteiger partial charge in [-0.15, -0.1) is 0 Å². The molecule has 1 fully saturated rings. The van der Waals surface area contributed by atoms with Gasteiger partial charge in [0.05, 0.1) is 6.54 Å². The average molecular weight is 218 g/mol. The number of anilines is 1. The largest absolute Gasteiger partial charge is 0.311 e. The van der Waals surface area contributed by atoms with Crippen molar-refractivity contribution in [2.24, 2.45) is 0 Å². The molecule has 0 atom stereocenters. The van der Waals surface area contributed by atoms with Gasteiger partial charge in [-0.2, -0.15) is 0 Å². The van der Waals surface area contributed by atoms with E-state index in [0.29, 0.717) is 6.54 Å². The molecule has 1 aliphatic rings. The number of hydrogen-bond donors (Lipinski definition) is 1. The molecule has 0 radical (unpaired) electrons. The van der Waals surface area contributed by atoms with Crippen LogP contribution in [0, 0.1) is 0 Å². The van der Waals surface area contributed by atoms with Crippen molar-refractivity contribution in [3.63, 3.8) is 0 Å². The highest BCUT2D eigenvalue weighted by atomic mass is 16.2. The summed E-state index contributed by atoms with van der Waals surface area (Å²) in [4.78, 5) is 13.7. The van der Waals surface area contributed by atoms with E-state index in [9.17, 15) is 4.79 Å². The van der Waals surface area contributed by atoms with Crippen molar-refractivity contribution in [1.82, 2.24) is 5.32 Å². The predicted molar refractivity (Wildman–Crippen MR) is 65.7 cm³/mol. The molecule has 0 bridgehead atoms. The van der Waals surface area contributed by atoms with E-state index in [-0.39, 0.29) is 5.91 Å². The van der Waals surface area contributed by atoms with Gasteiger partial charge in [-0.05, 0) is 37.1 Å². The van der Waals surface area contributed by atoms with Crippen molar-refractivity contribution in [1.29, 1.82) is 0 Å². The number of amides is 1. The molecule has 0 spiro atoms. The summed E-state index contributed by atoms with van der Waals surface area (Å²) in [5.41, 5.74) is 2.33. The highest BCUT2D eigenvalue weighted by Gasteiger charge is 2.17. The second kappa shape index (κ2) is 5.12. The summed E-state index contributed by atoms with van der Waals surface area (Å²) in [6.45, 7) is 4.33. The second-order valence-corrected chi connectivity index (χ2v) is 4.10. The van der Waals surface area contributed by atoms with Crippen molar-refractivity contribution in [3.8, 4) is 0 Å². The number of carbonyl (C=O) groups excluding carboxylic acids is 1. The van der Waals surface area contributed by atoms with Crippen LogP contribution in [0.1, 0.15) is 18.9 Å². The summed E-state index contributed by atoms with van der Waals surface area (Å²) in [5, 5.41) is 3.13. The van der Waals surface area contributed by atoms with Crippen LogP contribution in [0.2, 0.25) is 0 Å². The minimum atomic E-state index is 0.168. The van der Waals surface area contributed by atoms with E-state index in [2.05, 4.69) is 24.4 Å². The molecule has 0 unspecified atom stereocenters. The maximum absolute atomic E-state index is 11.8. The van der Waals surface area contributed by atoms with Crippen molar-refractivity contribution < 1.29 is 4.79 Å². The maximum Gasteiger partial charge on any atom is 0.240 e. The monoisotopic (exact) mass is 218 g/mol. The third-order valence-electron chi connectivity index (χ3n) is 2.97. The molecule has 1 N–H and O–H groups in total. The third-order valence-corrected chi connectivity index (χ3v) is 2.97. The summed E-state index contributed by atoms with van der Waals surface area (Å²) >= 11 is 0. The molecule has 1 heterocycles. The number of nitrogens with zero attached hydrogens (tertiary/aromatic N) is 1. The van der Waals surface area contributed by atoms with Crippen LogP contribution < -0.4 is 10.2 Å². The van der Waals surface area contributed by atoms with Crippen LogP contribution in [0.4, 0.5) is 5.69 Å². The molecule has 0 aromatic heterocycles. The highest BCUT2D eigenvalue weighted by molar-refractivity contribution is 5.95. The summed E-state index contributed by atoms with van der Waals surface area (Å²) in [6.07, 6.45) is 2.05. The second-order valence-electron chi connectivity index (χ2n) is 4.10. The van der Waals surface area contributed by atoms with Gasteiger partial charge in [0.2, 0.25) is 5.91 Å². The predicted octanol–water partition coefficient (Wildman–Crippen LogP) is 1.58. The maximum atomic E-state index is 11.8. The first kappa shape index (κ1) is 11.1. The van der Waals surface area contributed by atoms with Crippen molar-refractivity contribution in [2.45, 2.75) is 19.8 Å². The Hall–Kier alpha value is -1.35. The van der Waals surface area contributed by atoms with Crippen LogP contribution in [-0.2, 0) is 11.2 Å². The fraction of sp³-hybridized carbons (Fsp3) is 0.462. The van der Waals surface area contributed by atoms with Crippen LogP contribution in [0.15, 0.2) is 24.3 Å². The van der Waals surface area contributed by atoms with Gasteiger partial charge in [0, 0.05) is 12.2 Å². The molecule has 1 amide bonds. The molecule has 0 aliphatic carbocycles. The van der Waals surface area contributed by atoms with E-state index in [1.54, 1.807) is 0 Å². The number of nitrogens with one attached hydrogen (secondary N) is 1. The van der Waals surface area contributed by atoms with Gasteiger partial charge in [-0.1, -0.05) is 19.1 Å². The van der Waals surface area contributed by atoms with Crippen molar-refractivity contribution in [3.05, 3.63) is 29.8 Å². The zero-order valence-electron chi connectivity index (χ0n) is 9.70. The Balaban J connectivity index is 2.17. The first-order valence-electron chi connectivity index (χ1n) is 5.91. The van der Waals surface area contributed by atoms with E-state index in [1.165, 1.54) is 5.56 Å². The minimum absolute atomic E-state index is 0.168. The molecule has 3 nitrogen and oxygen atoms in total. The van der Waals surface area contributed by atoms with Gasteiger partial charge in [-0.25, -0.2) is 0 Å². The molecule has 1 saturated heterocycles. The van der Waals surface area contributed by atoms with Crippen molar-refractivity contribution >= 4 is 11.6 Å². The van der Waals surface area contributed by atoms with E-state index < -0.39 is 0 Å². The van der Waals surface area contributed by atoms with Crippen LogP contribution in [0.5, 0.6) is 0 Å². The molecule has 16 heavy (non-hydrogen) atoms. The Morgan fingerprint density at radius 3 is 2.75 bits per heavy atom. The SMILES string of the molecule is CCc1ccc(N2CCCNCC2=O)cc1. The number of aryl methyl sites for hydroxylation is 1. The summed E-state index contributed by atoms with van der Waals surface area (Å²) in [7, 11) is 0. The van der Waals surface area contributed by atoms with Crippen molar-refractivity contribution in [2.75, 3.05) is 24.5 Å². The Bertz CT molecular complexity index is 359. The number of benzene rings is 1. The highest BCUT2D eigenvalue weighted by Crippen LogP contribution is 2.17. The van der Waals surface area contributed by atoms with Crippen LogP contribution in [0.25, 0.3) is 0 Å². The van der Waals surface area contributed by atoms with Gasteiger partial charge >= 0.3 is 0 Å². The molecule has 1 aromatic rings. The molecule has 0 saturated carbocycles. The lowest BCUT2D eigenvalue weighted by Gasteiger charge is -2.20. The summed E-state index contributed by atoms with van der Waals surface area (Å²) < 4.78 is 0. The van der Waals surface area contributed by atoms with Gasteiger partial charge in [0.15, 0.2) is 0 Å². The molecule has 3 heteroatoms. The fourth-order valence-electron chi connectivity index (χ4n) is 1.96. The lowest BCUT2D eigenvalue weighted by molar-refractivity contribution is -0.117. The quantitative estimate of drug-likeness (QED) is 0.817. The third kappa shape index (κ3) is 2.42. The Kier molecular flexibility index (Phi) is 3.57. The topological polar surface area (TPSA) is 32.3 Å². The Morgan fingerprint density at radius 1 is 1.31 bits per heavy atom. The van der Waals surface area contributed by atoms with Gasteiger partial charge < -0.3 is 10.2 Å². The fourth-order valence-corrected chi connectivity index (χ4v) is 1.96. The number of hydrogen-bond acceptors (Lipinski definition) is 2.